The molecule has 0 unspecified atom stereocenters. The molecule has 0 bridgehead atoms. The minimum absolute atomic E-state index is 0.156. The van der Waals surface area contributed by atoms with Gasteiger partial charge in [0, 0.05) is 19.5 Å². The molecule has 1 saturated carbocycles. The van der Waals surface area contributed by atoms with Gasteiger partial charge in [-0.3, -0.25) is 9.59 Å². The molecule has 1 saturated heterocycles. The quantitative estimate of drug-likeness (QED) is 0.832. The monoisotopic (exact) mass is 267 g/mol. The number of carboxylic acids is 1. The lowest BCUT2D eigenvalue weighted by Crippen LogP contribution is -2.37. The van der Waals surface area contributed by atoms with Gasteiger partial charge in [-0.25, -0.2) is 0 Å². The van der Waals surface area contributed by atoms with Crippen LogP contribution in [-0.4, -0.2) is 35.0 Å². The van der Waals surface area contributed by atoms with E-state index in [1.807, 2.05) is 4.90 Å². The van der Waals surface area contributed by atoms with Gasteiger partial charge >= 0.3 is 5.97 Å². The maximum absolute atomic E-state index is 12.3. The summed E-state index contributed by atoms with van der Waals surface area (Å²) < 4.78 is 0. The molecule has 1 N–H and O–H groups in total. The van der Waals surface area contributed by atoms with Gasteiger partial charge in [-0.1, -0.05) is 33.1 Å². The Labute approximate surface area is 115 Å². The Kier molecular flexibility index (Phi) is 4.16. The second-order valence-corrected chi connectivity index (χ2v) is 6.21. The topological polar surface area (TPSA) is 57.6 Å². The fourth-order valence-electron chi connectivity index (χ4n) is 3.78. The van der Waals surface area contributed by atoms with Gasteiger partial charge in [-0.2, -0.15) is 0 Å². The summed E-state index contributed by atoms with van der Waals surface area (Å²) >= 11 is 0. The number of amides is 1. The summed E-state index contributed by atoms with van der Waals surface area (Å²) in [4.78, 5) is 25.7. The molecule has 2 atom stereocenters. The van der Waals surface area contributed by atoms with Crippen LogP contribution in [0, 0.1) is 17.3 Å². The van der Waals surface area contributed by atoms with Crippen molar-refractivity contribution in [2.45, 2.75) is 52.4 Å². The summed E-state index contributed by atoms with van der Waals surface area (Å²) in [7, 11) is 0. The van der Waals surface area contributed by atoms with Crippen LogP contribution in [0.15, 0.2) is 0 Å². The van der Waals surface area contributed by atoms with E-state index in [4.69, 9.17) is 0 Å². The Morgan fingerprint density at radius 1 is 1.37 bits per heavy atom. The zero-order chi connectivity index (χ0) is 14.0. The van der Waals surface area contributed by atoms with E-state index < -0.39 is 11.4 Å². The minimum Gasteiger partial charge on any atom is -0.481 e. The highest BCUT2D eigenvalue weighted by Gasteiger charge is 2.55. The first kappa shape index (κ1) is 14.4. The molecule has 1 aliphatic carbocycles. The van der Waals surface area contributed by atoms with Gasteiger partial charge in [0.25, 0.3) is 0 Å². The number of carbonyl (C=O) groups excluding carboxylic acids is 1. The van der Waals surface area contributed by atoms with Crippen LogP contribution in [0.5, 0.6) is 0 Å². The van der Waals surface area contributed by atoms with Gasteiger partial charge in [0.2, 0.25) is 5.91 Å². The molecule has 1 heterocycles. The maximum atomic E-state index is 12.3. The Balaban J connectivity index is 2.01. The predicted octanol–water partition coefficient (Wildman–Crippen LogP) is 2.53. The molecule has 2 aliphatic rings. The van der Waals surface area contributed by atoms with Crippen LogP contribution in [0.25, 0.3) is 0 Å². The molecule has 0 aromatic rings. The summed E-state index contributed by atoms with van der Waals surface area (Å²) in [6, 6.07) is 0. The zero-order valence-corrected chi connectivity index (χ0v) is 12.0. The van der Waals surface area contributed by atoms with E-state index in [1.54, 1.807) is 0 Å². The van der Waals surface area contributed by atoms with Crippen molar-refractivity contribution in [3.8, 4) is 0 Å². The molecule has 0 radical (unpaired) electrons. The number of aliphatic carboxylic acids is 1. The van der Waals surface area contributed by atoms with Gasteiger partial charge < -0.3 is 10.0 Å². The van der Waals surface area contributed by atoms with Gasteiger partial charge in [0.1, 0.15) is 0 Å². The van der Waals surface area contributed by atoms with Crippen LogP contribution in [0.2, 0.25) is 0 Å². The minimum atomic E-state index is -0.701. The van der Waals surface area contributed by atoms with Crippen molar-refractivity contribution in [1.29, 1.82) is 0 Å². The molecule has 2 fully saturated rings. The number of nitrogens with zero attached hydrogens (tertiary/aromatic N) is 1. The Morgan fingerprint density at radius 2 is 2.05 bits per heavy atom. The van der Waals surface area contributed by atoms with E-state index in [0.29, 0.717) is 25.4 Å². The van der Waals surface area contributed by atoms with E-state index in [9.17, 15) is 14.7 Å². The van der Waals surface area contributed by atoms with Crippen LogP contribution in [-0.2, 0) is 9.59 Å². The zero-order valence-electron chi connectivity index (χ0n) is 12.0. The third-order valence-corrected chi connectivity index (χ3v) is 5.27. The van der Waals surface area contributed by atoms with Crippen molar-refractivity contribution in [3.63, 3.8) is 0 Å². The normalized spacial score (nSPS) is 29.8. The van der Waals surface area contributed by atoms with Crippen LogP contribution >= 0.6 is 0 Å². The average Bonchev–Trinajstić information content (AvgIpc) is 2.92. The Bertz CT molecular complexity index is 364. The molecule has 2 rings (SSSR count). The van der Waals surface area contributed by atoms with Crippen molar-refractivity contribution in [2.24, 2.45) is 17.3 Å². The first-order valence-corrected chi connectivity index (χ1v) is 7.54. The number of fused-ring (bicyclic) bond motifs is 1. The first-order chi connectivity index (χ1) is 9.03. The molecular formula is C15H25NO3. The van der Waals surface area contributed by atoms with Crippen LogP contribution in [0.1, 0.15) is 52.4 Å². The van der Waals surface area contributed by atoms with Crippen molar-refractivity contribution in [3.05, 3.63) is 0 Å². The molecule has 1 amide bonds. The molecule has 108 valence electrons. The summed E-state index contributed by atoms with van der Waals surface area (Å²) in [5.41, 5.74) is -0.635. The Morgan fingerprint density at radius 3 is 2.58 bits per heavy atom. The largest absolute Gasteiger partial charge is 0.481 e. The highest BCUT2D eigenvalue weighted by atomic mass is 16.4. The van der Waals surface area contributed by atoms with Crippen LogP contribution in [0.3, 0.4) is 0 Å². The SMILES string of the molecule is CCC(CC)CC(=O)N1C[C@@H]2CCC[C@@]2(C(=O)O)C1. The van der Waals surface area contributed by atoms with Gasteiger partial charge in [-0.05, 0) is 24.7 Å². The molecule has 0 spiro atoms. The van der Waals surface area contributed by atoms with Crippen LogP contribution < -0.4 is 0 Å². The van der Waals surface area contributed by atoms with E-state index in [0.717, 1.165) is 32.1 Å². The third-order valence-electron chi connectivity index (χ3n) is 5.27. The fourth-order valence-corrected chi connectivity index (χ4v) is 3.78. The van der Waals surface area contributed by atoms with Crippen molar-refractivity contribution in [1.82, 2.24) is 4.90 Å². The van der Waals surface area contributed by atoms with Gasteiger partial charge in [0.05, 0.1) is 5.41 Å². The first-order valence-electron chi connectivity index (χ1n) is 7.54. The van der Waals surface area contributed by atoms with Gasteiger partial charge in [0.15, 0.2) is 0 Å². The second-order valence-electron chi connectivity index (χ2n) is 6.21. The number of likely N-dealkylation sites (tertiary alicyclic amines) is 1. The van der Waals surface area contributed by atoms with Crippen LogP contribution in [0.4, 0.5) is 0 Å². The number of hydrogen-bond acceptors (Lipinski definition) is 2. The second kappa shape index (κ2) is 5.51. The smallest absolute Gasteiger partial charge is 0.311 e. The molecule has 19 heavy (non-hydrogen) atoms. The predicted molar refractivity (Wildman–Crippen MR) is 72.7 cm³/mol. The lowest BCUT2D eigenvalue weighted by Gasteiger charge is -2.24. The summed E-state index contributed by atoms with van der Waals surface area (Å²) in [5, 5.41) is 9.51. The highest BCUT2D eigenvalue weighted by Crippen LogP contribution is 2.49. The Hall–Kier alpha value is -1.06. The van der Waals surface area contributed by atoms with Crippen molar-refractivity contribution < 1.29 is 14.7 Å². The number of hydrogen-bond donors (Lipinski definition) is 1. The number of carbonyl (C=O) groups is 2. The molecule has 4 nitrogen and oxygen atoms in total. The standard InChI is InChI=1S/C15H25NO3/c1-3-11(4-2)8-13(17)16-9-12-6-5-7-15(12,10-16)14(18)19/h11-12H,3-10H2,1-2H3,(H,18,19)/t12-,15+/m0/s1. The molecule has 4 heteroatoms. The molecular weight excluding hydrogens is 242 g/mol. The summed E-state index contributed by atoms with van der Waals surface area (Å²) in [5.74, 6) is 0.0703. The molecule has 1 aliphatic heterocycles. The fraction of sp³-hybridized carbons (Fsp3) is 0.867. The summed E-state index contributed by atoms with van der Waals surface area (Å²) in [6.45, 7) is 5.31. The number of rotatable bonds is 5. The maximum Gasteiger partial charge on any atom is 0.311 e. The number of carboxylic acid groups (broad SMARTS) is 1. The lowest BCUT2D eigenvalue weighted by atomic mass is 9.81. The van der Waals surface area contributed by atoms with E-state index in [1.165, 1.54) is 0 Å². The van der Waals surface area contributed by atoms with E-state index >= 15 is 0 Å². The third kappa shape index (κ3) is 2.49. The molecule has 0 aromatic carbocycles. The average molecular weight is 267 g/mol. The van der Waals surface area contributed by atoms with E-state index in [2.05, 4.69) is 13.8 Å². The molecule has 0 aromatic heterocycles. The lowest BCUT2D eigenvalue weighted by molar-refractivity contribution is -0.149. The van der Waals surface area contributed by atoms with Gasteiger partial charge in [-0.15, -0.1) is 0 Å². The van der Waals surface area contributed by atoms with Crippen molar-refractivity contribution >= 4 is 11.9 Å². The van der Waals surface area contributed by atoms with Crippen molar-refractivity contribution in [2.75, 3.05) is 13.1 Å². The van der Waals surface area contributed by atoms with E-state index in [-0.39, 0.29) is 11.8 Å². The highest BCUT2D eigenvalue weighted by molar-refractivity contribution is 5.81. The summed E-state index contributed by atoms with van der Waals surface area (Å²) in [6.07, 6.45) is 5.30.